The molecule has 0 heterocycles. The van der Waals surface area contributed by atoms with Crippen molar-refractivity contribution in [3.05, 3.63) is 60.8 Å². The van der Waals surface area contributed by atoms with Crippen molar-refractivity contribution in [3.63, 3.8) is 0 Å². The highest BCUT2D eigenvalue weighted by atomic mass is 31.2. The van der Waals surface area contributed by atoms with Crippen molar-refractivity contribution in [2.24, 2.45) is 0 Å². The number of nitrogens with one attached hydrogen (secondary N) is 1. The van der Waals surface area contributed by atoms with E-state index in [1.54, 1.807) is 0 Å². The maximum absolute atomic E-state index is 13.5. The van der Waals surface area contributed by atoms with Crippen LogP contribution in [-0.2, 0) is 27.9 Å². The van der Waals surface area contributed by atoms with Crippen LogP contribution in [0.2, 0.25) is 0 Å². The third-order valence-corrected chi connectivity index (χ3v) is 14.7. The molecule has 0 aliphatic carbocycles. The molecule has 9 nitrogen and oxygen atoms in total. The van der Waals surface area contributed by atoms with E-state index < -0.39 is 20.0 Å². The summed E-state index contributed by atoms with van der Waals surface area (Å²) in [5.41, 5.74) is 0. The zero-order chi connectivity index (χ0) is 54.3. The van der Waals surface area contributed by atoms with Crippen LogP contribution in [0.3, 0.4) is 0 Å². The highest BCUT2D eigenvalue weighted by Gasteiger charge is 2.30. The molecule has 3 unspecified atom stereocenters. The minimum absolute atomic E-state index is 0.0356. The minimum Gasteiger partial charge on any atom is -0.456 e. The summed E-state index contributed by atoms with van der Waals surface area (Å²) in [6, 6.07) is -0.858. The molecule has 0 aromatic carbocycles. The number of carbonyl (C=O) groups is 2. The van der Waals surface area contributed by atoms with Gasteiger partial charge in [0.15, 0.2) is 0 Å². The van der Waals surface area contributed by atoms with Gasteiger partial charge in [-0.3, -0.25) is 18.6 Å². The number of amides is 1. The van der Waals surface area contributed by atoms with Crippen molar-refractivity contribution in [1.82, 2.24) is 5.32 Å². The number of hydrogen-bond acceptors (Lipinski definition) is 6. The molecule has 10 heteroatoms. The first-order valence-electron chi connectivity index (χ1n) is 31.1. The van der Waals surface area contributed by atoms with E-state index in [9.17, 15) is 19.0 Å². The van der Waals surface area contributed by atoms with Crippen molar-refractivity contribution in [1.29, 1.82) is 0 Å². The quantitative estimate of drug-likeness (QED) is 0.0205. The van der Waals surface area contributed by atoms with Crippen LogP contribution in [0.4, 0.5) is 0 Å². The Balaban J connectivity index is 5.25. The summed E-state index contributed by atoms with van der Waals surface area (Å²) in [6.07, 6.45) is 67.9. The number of unbranched alkanes of at least 4 members (excludes halogenated alkanes) is 32. The Bertz CT molecular complexity index is 1450. The van der Waals surface area contributed by atoms with E-state index in [0.717, 1.165) is 83.5 Å². The zero-order valence-electron chi connectivity index (χ0n) is 49.3. The normalized spacial score (nSPS) is 14.1. The van der Waals surface area contributed by atoms with Crippen LogP contribution in [-0.4, -0.2) is 74.3 Å². The van der Waals surface area contributed by atoms with Crippen LogP contribution in [0.25, 0.3) is 0 Å². The number of phosphoric ester groups is 1. The molecule has 0 saturated heterocycles. The maximum Gasteiger partial charge on any atom is 0.472 e. The smallest absolute Gasteiger partial charge is 0.456 e. The van der Waals surface area contributed by atoms with Crippen LogP contribution >= 0.6 is 7.82 Å². The Hall–Kier alpha value is -2.29. The van der Waals surface area contributed by atoms with Crippen LogP contribution in [0.5, 0.6) is 0 Å². The summed E-state index contributed by atoms with van der Waals surface area (Å²) in [7, 11) is 1.48. The topological polar surface area (TPSA) is 111 Å². The standard InChI is InChI=1S/C64H119N2O7P/c1-7-10-13-16-19-22-25-28-30-31-32-33-34-35-36-38-41-44-47-50-53-56-63(67)65-61(60-72-74(69,70)71-59-58-66(4,5)6)62(55-52-49-46-43-40-37-27-24-21-18-15-12-9-3)73-64(68)57-54-51-48-45-42-39-29-26-23-20-17-14-11-8-2/h11,14,20,23,28-30,39,52,55,61-62H,7-10,12-13,15-19,21-22,24-27,31-38,40-51,53-54,56-60H2,1-6H3,(H-,65,67,69,70)/p+1/b14-11+,23-20+,30-28+,39-29+,55-52-. The van der Waals surface area contributed by atoms with Gasteiger partial charge in [0.25, 0.3) is 0 Å². The molecule has 74 heavy (non-hydrogen) atoms. The van der Waals surface area contributed by atoms with Crippen LogP contribution in [0.15, 0.2) is 60.8 Å². The molecule has 0 aliphatic heterocycles. The van der Waals surface area contributed by atoms with E-state index in [1.807, 2.05) is 33.3 Å². The number of rotatable bonds is 56. The van der Waals surface area contributed by atoms with Crippen molar-refractivity contribution in [3.8, 4) is 0 Å². The number of nitrogens with zero attached hydrogens (tertiary/aromatic N) is 1. The van der Waals surface area contributed by atoms with Gasteiger partial charge in [0, 0.05) is 12.8 Å². The number of phosphoric acid groups is 1. The summed E-state index contributed by atoms with van der Waals surface area (Å²) in [5.74, 6) is -0.526. The number of carbonyl (C=O) groups excluding carboxylic acids is 2. The lowest BCUT2D eigenvalue weighted by Crippen LogP contribution is -2.47. The molecule has 0 saturated carbocycles. The SMILES string of the molecule is CC/C=C/C/C=C/C/C=C/CCCCCCC(=O)OC(/C=C\CCCCCCCCCCCCC)C(COP(=O)(O)OCC[N+](C)(C)C)NC(=O)CCCCCCCCCCCCC/C=C/CCCCCCCC. The van der Waals surface area contributed by atoms with Crippen LogP contribution in [0, 0.1) is 0 Å². The van der Waals surface area contributed by atoms with E-state index in [4.69, 9.17) is 13.8 Å². The lowest BCUT2D eigenvalue weighted by atomic mass is 10.0. The summed E-state index contributed by atoms with van der Waals surface area (Å²) < 4.78 is 30.7. The second-order valence-electron chi connectivity index (χ2n) is 22.2. The molecule has 0 aromatic rings. The van der Waals surface area contributed by atoms with Gasteiger partial charge in [-0.05, 0) is 89.5 Å². The summed E-state index contributed by atoms with van der Waals surface area (Å²) >= 11 is 0. The minimum atomic E-state index is -4.45. The number of hydrogen-bond donors (Lipinski definition) is 2. The van der Waals surface area contributed by atoms with E-state index in [1.165, 1.54) is 161 Å². The van der Waals surface area contributed by atoms with Crippen molar-refractivity contribution in [2.45, 2.75) is 296 Å². The zero-order valence-corrected chi connectivity index (χ0v) is 50.2. The van der Waals surface area contributed by atoms with Crippen molar-refractivity contribution in [2.75, 3.05) is 40.9 Å². The molecular formula is C64H120N2O7P+. The number of esters is 1. The Labute approximate surface area is 458 Å². The number of allylic oxidation sites excluding steroid dienone is 9. The Morgan fingerprint density at radius 3 is 1.31 bits per heavy atom. The predicted octanol–water partition coefficient (Wildman–Crippen LogP) is 19.1. The lowest BCUT2D eigenvalue weighted by Gasteiger charge is -2.27. The van der Waals surface area contributed by atoms with Gasteiger partial charge in [0.1, 0.15) is 19.3 Å². The van der Waals surface area contributed by atoms with Gasteiger partial charge in [0.2, 0.25) is 5.91 Å². The van der Waals surface area contributed by atoms with Gasteiger partial charge < -0.3 is 19.4 Å². The van der Waals surface area contributed by atoms with E-state index in [-0.39, 0.29) is 31.5 Å². The molecule has 1 amide bonds. The first kappa shape index (κ1) is 71.7. The van der Waals surface area contributed by atoms with Gasteiger partial charge in [-0.15, -0.1) is 0 Å². The molecule has 0 fully saturated rings. The molecule has 2 N–H and O–H groups in total. The number of quaternary nitrogens is 1. The summed E-state index contributed by atoms with van der Waals surface area (Å²) in [5, 5.41) is 3.05. The fourth-order valence-corrected chi connectivity index (χ4v) is 9.63. The van der Waals surface area contributed by atoms with Gasteiger partial charge in [-0.2, -0.15) is 0 Å². The summed E-state index contributed by atoms with van der Waals surface area (Å²) in [6.45, 7) is 6.90. The molecule has 0 radical (unpaired) electrons. The first-order chi connectivity index (χ1) is 35.9. The number of likely N-dealkylation sites (N-methyl/N-ethyl adjacent to an activating group) is 1. The molecule has 0 aromatic heterocycles. The molecule has 0 rings (SSSR count). The van der Waals surface area contributed by atoms with E-state index in [0.29, 0.717) is 23.9 Å². The van der Waals surface area contributed by atoms with E-state index >= 15 is 0 Å². The molecule has 0 spiro atoms. The second kappa shape index (κ2) is 54.1. The van der Waals surface area contributed by atoms with Gasteiger partial charge in [-0.1, -0.05) is 242 Å². The first-order valence-corrected chi connectivity index (χ1v) is 32.6. The molecular weight excluding hydrogens is 940 g/mol. The average Bonchev–Trinajstić information content (AvgIpc) is 3.36. The monoisotopic (exact) mass is 1060 g/mol. The fraction of sp³-hybridized carbons (Fsp3) is 0.812. The maximum atomic E-state index is 13.5. The third-order valence-electron chi connectivity index (χ3n) is 13.7. The fourth-order valence-electron chi connectivity index (χ4n) is 8.89. The highest BCUT2D eigenvalue weighted by Crippen LogP contribution is 2.43. The number of ether oxygens (including phenoxy) is 1. The Morgan fingerprint density at radius 1 is 0.486 bits per heavy atom. The average molecular weight is 1060 g/mol. The van der Waals surface area contributed by atoms with Gasteiger partial charge >= 0.3 is 13.8 Å². The van der Waals surface area contributed by atoms with Crippen molar-refractivity contribution < 1.29 is 37.3 Å². The van der Waals surface area contributed by atoms with Crippen LogP contribution < -0.4 is 5.32 Å². The third kappa shape index (κ3) is 54.5. The molecule has 0 bridgehead atoms. The highest BCUT2D eigenvalue weighted by molar-refractivity contribution is 7.47. The second-order valence-corrected chi connectivity index (χ2v) is 23.6. The van der Waals surface area contributed by atoms with Gasteiger partial charge in [-0.25, -0.2) is 4.57 Å². The van der Waals surface area contributed by atoms with Gasteiger partial charge in [0.05, 0.1) is 33.8 Å². The summed E-state index contributed by atoms with van der Waals surface area (Å²) in [4.78, 5) is 37.7. The molecule has 432 valence electrons. The van der Waals surface area contributed by atoms with E-state index in [2.05, 4.69) is 74.7 Å². The van der Waals surface area contributed by atoms with Crippen molar-refractivity contribution >= 4 is 19.7 Å². The Kier molecular flexibility index (Phi) is 52.4. The predicted molar refractivity (Wildman–Crippen MR) is 318 cm³/mol. The van der Waals surface area contributed by atoms with Crippen LogP contribution in [0.1, 0.15) is 284 Å². The largest absolute Gasteiger partial charge is 0.472 e. The molecule has 0 aliphatic rings. The molecule has 3 atom stereocenters. The lowest BCUT2D eigenvalue weighted by molar-refractivity contribution is -0.870. The Morgan fingerprint density at radius 2 is 0.865 bits per heavy atom.